The molecule has 3 rings (SSSR count). The molecule has 0 bridgehead atoms. The normalized spacial score (nSPS) is 11.3. The van der Waals surface area contributed by atoms with Crippen LogP contribution in [0.2, 0.25) is 5.02 Å². The number of methoxy groups -OCH3 is 1. The first kappa shape index (κ1) is 23.8. The van der Waals surface area contributed by atoms with E-state index in [4.69, 9.17) is 16.3 Å². The minimum atomic E-state index is -4.11. The molecule has 0 radical (unpaired) electrons. The summed E-state index contributed by atoms with van der Waals surface area (Å²) < 4.78 is 33.9. The number of nitrogens with zero attached hydrogens (tertiary/aromatic N) is 2. The first-order chi connectivity index (χ1) is 15.3. The van der Waals surface area contributed by atoms with Crippen LogP contribution in [-0.2, 0) is 14.8 Å². The van der Waals surface area contributed by atoms with Gasteiger partial charge < -0.3 is 4.74 Å². The van der Waals surface area contributed by atoms with Crippen molar-refractivity contribution >= 4 is 55.4 Å². The lowest BCUT2D eigenvalue weighted by Gasteiger charge is -2.25. The standard InChI is InChI=1S/C22H19BrClN3O4S/c1-31-21-11-10-18(24)13-20(21)27(32(29,30)19-8-3-2-4-9-19)15-22(28)26-25-14-16-6-5-7-17(23)12-16/h2-14H,15H2,1H3,(H,26,28)/b25-14-. The maximum absolute atomic E-state index is 13.4. The van der Waals surface area contributed by atoms with Crippen molar-refractivity contribution in [3.05, 3.63) is 87.9 Å². The molecule has 7 nitrogen and oxygen atoms in total. The number of sulfonamides is 1. The Morgan fingerprint density at radius 2 is 1.88 bits per heavy atom. The van der Waals surface area contributed by atoms with Gasteiger partial charge >= 0.3 is 0 Å². The zero-order valence-electron chi connectivity index (χ0n) is 16.9. The number of benzene rings is 3. The number of hydrazone groups is 1. The lowest BCUT2D eigenvalue weighted by atomic mass is 10.2. The quantitative estimate of drug-likeness (QED) is 0.340. The second-order valence-electron chi connectivity index (χ2n) is 6.49. The highest BCUT2D eigenvalue weighted by Crippen LogP contribution is 2.34. The number of hydrogen-bond donors (Lipinski definition) is 1. The van der Waals surface area contributed by atoms with Gasteiger partial charge in [-0.05, 0) is 48.0 Å². The number of ether oxygens (including phenoxy) is 1. The molecule has 166 valence electrons. The third kappa shape index (κ3) is 5.87. The van der Waals surface area contributed by atoms with Gasteiger partial charge in [0.15, 0.2) is 0 Å². The van der Waals surface area contributed by atoms with Gasteiger partial charge in [0, 0.05) is 9.50 Å². The Kier molecular flexibility index (Phi) is 7.89. The molecule has 0 spiro atoms. The SMILES string of the molecule is COc1ccc(Cl)cc1N(CC(=O)N/N=C\c1cccc(Br)c1)S(=O)(=O)c1ccccc1. The Balaban J connectivity index is 1.91. The van der Waals surface area contributed by atoms with E-state index in [1.54, 1.807) is 24.3 Å². The lowest BCUT2D eigenvalue weighted by Crippen LogP contribution is -2.39. The number of hydrogen-bond acceptors (Lipinski definition) is 5. The fraction of sp³-hybridized carbons (Fsp3) is 0.0909. The van der Waals surface area contributed by atoms with Gasteiger partial charge in [-0.2, -0.15) is 5.10 Å². The molecule has 0 unspecified atom stereocenters. The Bertz CT molecular complexity index is 1240. The monoisotopic (exact) mass is 535 g/mol. The average molecular weight is 537 g/mol. The van der Waals surface area contributed by atoms with Crippen LogP contribution in [0.3, 0.4) is 0 Å². The van der Waals surface area contributed by atoms with E-state index in [1.807, 2.05) is 24.3 Å². The average Bonchev–Trinajstić information content (AvgIpc) is 2.78. The van der Waals surface area contributed by atoms with Crippen LogP contribution in [0.25, 0.3) is 0 Å². The summed E-state index contributed by atoms with van der Waals surface area (Å²) in [5.41, 5.74) is 3.25. The molecule has 3 aromatic carbocycles. The predicted octanol–water partition coefficient (Wildman–Crippen LogP) is 4.46. The van der Waals surface area contributed by atoms with Crippen molar-refractivity contribution in [3.8, 4) is 5.75 Å². The number of amides is 1. The molecule has 3 aromatic rings. The molecule has 10 heteroatoms. The molecule has 32 heavy (non-hydrogen) atoms. The first-order valence-corrected chi connectivity index (χ1v) is 11.9. The molecule has 0 aliphatic rings. The Morgan fingerprint density at radius 1 is 1.12 bits per heavy atom. The van der Waals surface area contributed by atoms with Crippen molar-refractivity contribution in [2.75, 3.05) is 18.0 Å². The number of anilines is 1. The number of carbonyl (C=O) groups excluding carboxylic acids is 1. The van der Waals surface area contributed by atoms with Gasteiger partial charge in [-0.25, -0.2) is 13.8 Å². The van der Waals surface area contributed by atoms with Gasteiger partial charge in [0.2, 0.25) is 0 Å². The summed E-state index contributed by atoms with van der Waals surface area (Å²) in [6.07, 6.45) is 1.46. The smallest absolute Gasteiger partial charge is 0.264 e. The minimum absolute atomic E-state index is 0.0208. The van der Waals surface area contributed by atoms with Gasteiger partial charge in [0.05, 0.1) is 23.9 Å². The molecular weight excluding hydrogens is 518 g/mol. The maximum Gasteiger partial charge on any atom is 0.264 e. The third-order valence-electron chi connectivity index (χ3n) is 4.28. The van der Waals surface area contributed by atoms with Crippen molar-refractivity contribution in [2.24, 2.45) is 5.10 Å². The van der Waals surface area contributed by atoms with E-state index >= 15 is 0 Å². The van der Waals surface area contributed by atoms with E-state index in [0.29, 0.717) is 5.02 Å². The fourth-order valence-electron chi connectivity index (χ4n) is 2.81. The highest BCUT2D eigenvalue weighted by Gasteiger charge is 2.29. The Labute approximate surface area is 199 Å². The summed E-state index contributed by atoms with van der Waals surface area (Å²) in [4.78, 5) is 12.7. The summed E-state index contributed by atoms with van der Waals surface area (Å²) in [5.74, 6) is -0.392. The van der Waals surface area contributed by atoms with Crippen molar-refractivity contribution < 1.29 is 17.9 Å². The highest BCUT2D eigenvalue weighted by molar-refractivity contribution is 9.10. The van der Waals surface area contributed by atoms with Crippen LogP contribution in [0.1, 0.15) is 5.56 Å². The van der Waals surface area contributed by atoms with Crippen LogP contribution >= 0.6 is 27.5 Å². The van der Waals surface area contributed by atoms with Crippen LogP contribution in [0.5, 0.6) is 5.75 Å². The van der Waals surface area contributed by atoms with Gasteiger partial charge in [-0.3, -0.25) is 9.10 Å². The third-order valence-corrected chi connectivity index (χ3v) is 6.78. The van der Waals surface area contributed by atoms with Gasteiger partial charge in [-0.1, -0.05) is 57.9 Å². The molecule has 0 aromatic heterocycles. The van der Waals surface area contributed by atoms with Crippen molar-refractivity contribution in [1.29, 1.82) is 0 Å². The number of rotatable bonds is 8. The van der Waals surface area contributed by atoms with E-state index < -0.39 is 22.5 Å². The summed E-state index contributed by atoms with van der Waals surface area (Å²) in [6, 6.07) is 19.6. The van der Waals surface area contributed by atoms with Crippen LogP contribution in [0.15, 0.2) is 87.3 Å². The molecule has 1 amide bonds. The zero-order chi connectivity index (χ0) is 23.1. The first-order valence-electron chi connectivity index (χ1n) is 9.30. The molecular formula is C22H19BrClN3O4S. The largest absolute Gasteiger partial charge is 0.495 e. The van der Waals surface area contributed by atoms with Crippen LogP contribution < -0.4 is 14.5 Å². The predicted molar refractivity (Wildman–Crippen MR) is 129 cm³/mol. The van der Waals surface area contributed by atoms with Crippen molar-refractivity contribution in [3.63, 3.8) is 0 Å². The maximum atomic E-state index is 13.4. The summed E-state index contributed by atoms with van der Waals surface area (Å²) >= 11 is 9.47. The van der Waals surface area contributed by atoms with Gasteiger partial charge in [0.25, 0.3) is 15.9 Å². The lowest BCUT2D eigenvalue weighted by molar-refractivity contribution is -0.119. The minimum Gasteiger partial charge on any atom is -0.495 e. The number of halogens is 2. The van der Waals surface area contributed by atoms with Crippen LogP contribution in [-0.4, -0.2) is 34.2 Å². The van der Waals surface area contributed by atoms with Crippen molar-refractivity contribution in [1.82, 2.24) is 5.43 Å². The van der Waals surface area contributed by atoms with Crippen LogP contribution in [0.4, 0.5) is 5.69 Å². The molecule has 0 heterocycles. The van der Waals surface area contributed by atoms with Crippen molar-refractivity contribution in [2.45, 2.75) is 4.90 Å². The van der Waals surface area contributed by atoms with E-state index in [1.165, 1.54) is 37.6 Å². The Hall–Kier alpha value is -2.88. The molecule has 0 saturated carbocycles. The van der Waals surface area contributed by atoms with E-state index in [2.05, 4.69) is 26.5 Å². The summed E-state index contributed by atoms with van der Waals surface area (Å²) in [5, 5.41) is 4.21. The van der Waals surface area contributed by atoms with Crippen LogP contribution in [0, 0.1) is 0 Å². The highest BCUT2D eigenvalue weighted by atomic mass is 79.9. The molecule has 0 saturated heterocycles. The topological polar surface area (TPSA) is 88.1 Å². The fourth-order valence-corrected chi connectivity index (χ4v) is 4.84. The van der Waals surface area contributed by atoms with Gasteiger partial charge in [-0.15, -0.1) is 0 Å². The summed E-state index contributed by atoms with van der Waals surface area (Å²) in [7, 11) is -2.70. The number of nitrogens with one attached hydrogen (secondary N) is 1. The molecule has 0 fully saturated rings. The molecule has 0 aliphatic carbocycles. The van der Waals surface area contributed by atoms with E-state index in [-0.39, 0.29) is 16.3 Å². The molecule has 0 aliphatic heterocycles. The second kappa shape index (κ2) is 10.6. The second-order valence-corrected chi connectivity index (χ2v) is 9.70. The van der Waals surface area contributed by atoms with E-state index in [0.717, 1.165) is 14.3 Å². The molecule has 1 N–H and O–H groups in total. The number of carbonyl (C=O) groups is 1. The summed E-state index contributed by atoms with van der Waals surface area (Å²) in [6.45, 7) is -0.538. The molecule has 0 atom stereocenters. The van der Waals surface area contributed by atoms with Gasteiger partial charge in [0.1, 0.15) is 12.3 Å². The van der Waals surface area contributed by atoms with E-state index in [9.17, 15) is 13.2 Å². The Morgan fingerprint density at radius 3 is 2.56 bits per heavy atom. The zero-order valence-corrected chi connectivity index (χ0v) is 20.1.